The molecular weight excluding hydrogens is 320 g/mol. The predicted molar refractivity (Wildman–Crippen MR) is 99.7 cm³/mol. The summed E-state index contributed by atoms with van der Waals surface area (Å²) in [7, 11) is 0. The van der Waals surface area contributed by atoms with Crippen LogP contribution in [0, 0.1) is 6.92 Å². The standard InChI is InChI=1S/C19H20N2O2S/c1-13-9-10-16-17(11-13)23-21-18(16)15-8-6-5-7-14(15)12-20-24(22)19(2,3)4/h5-12H,1-4H3/b20-12+/t24-/m0/s1. The molecule has 0 aliphatic heterocycles. The van der Waals surface area contributed by atoms with Gasteiger partial charge in [0.2, 0.25) is 0 Å². The van der Waals surface area contributed by atoms with Gasteiger partial charge < -0.3 is 9.08 Å². The van der Waals surface area contributed by atoms with E-state index in [0.717, 1.165) is 33.4 Å². The smallest absolute Gasteiger partial charge is 0.167 e. The van der Waals surface area contributed by atoms with Crippen LogP contribution >= 0.6 is 0 Å². The third-order valence-corrected chi connectivity index (χ3v) is 5.00. The van der Waals surface area contributed by atoms with Crippen molar-refractivity contribution in [2.24, 2.45) is 4.40 Å². The van der Waals surface area contributed by atoms with Crippen LogP contribution in [-0.2, 0) is 11.4 Å². The molecule has 3 aromatic rings. The van der Waals surface area contributed by atoms with E-state index in [0.29, 0.717) is 0 Å². The van der Waals surface area contributed by atoms with Gasteiger partial charge in [0.1, 0.15) is 21.8 Å². The lowest BCUT2D eigenvalue weighted by atomic mass is 10.0. The molecule has 24 heavy (non-hydrogen) atoms. The van der Waals surface area contributed by atoms with Gasteiger partial charge in [0.25, 0.3) is 0 Å². The minimum absolute atomic E-state index is 0.385. The van der Waals surface area contributed by atoms with Gasteiger partial charge in [-0.25, -0.2) is 0 Å². The van der Waals surface area contributed by atoms with E-state index in [1.807, 2.05) is 70.2 Å². The van der Waals surface area contributed by atoms with E-state index in [-0.39, 0.29) is 4.75 Å². The summed E-state index contributed by atoms with van der Waals surface area (Å²) >= 11 is -1.30. The Morgan fingerprint density at radius 2 is 1.92 bits per heavy atom. The van der Waals surface area contributed by atoms with Gasteiger partial charge in [-0.1, -0.05) is 39.9 Å². The Hall–Kier alpha value is -2.11. The van der Waals surface area contributed by atoms with E-state index in [1.54, 1.807) is 6.21 Å². The lowest BCUT2D eigenvalue weighted by molar-refractivity contribution is 0.459. The highest BCUT2D eigenvalue weighted by Gasteiger charge is 2.26. The monoisotopic (exact) mass is 340 g/mol. The summed E-state index contributed by atoms with van der Waals surface area (Å²) < 4.78 is 21.5. The summed E-state index contributed by atoms with van der Waals surface area (Å²) in [5.74, 6) is 0. The Morgan fingerprint density at radius 3 is 2.67 bits per heavy atom. The quantitative estimate of drug-likeness (QED) is 0.513. The molecule has 1 heterocycles. The van der Waals surface area contributed by atoms with Crippen molar-refractivity contribution in [2.75, 3.05) is 0 Å². The lowest BCUT2D eigenvalue weighted by Gasteiger charge is -2.17. The van der Waals surface area contributed by atoms with Crippen molar-refractivity contribution in [1.29, 1.82) is 0 Å². The van der Waals surface area contributed by atoms with Crippen LogP contribution in [0.2, 0.25) is 0 Å². The average Bonchev–Trinajstić information content (AvgIpc) is 2.94. The van der Waals surface area contributed by atoms with E-state index in [4.69, 9.17) is 4.52 Å². The number of hydrogen-bond donors (Lipinski definition) is 0. The van der Waals surface area contributed by atoms with Gasteiger partial charge in [-0.05, 0) is 45.4 Å². The van der Waals surface area contributed by atoms with Crippen molar-refractivity contribution in [1.82, 2.24) is 5.16 Å². The minimum Gasteiger partial charge on any atom is -0.591 e. The maximum Gasteiger partial charge on any atom is 0.167 e. The number of nitrogens with zero attached hydrogens (tertiary/aromatic N) is 2. The van der Waals surface area contributed by atoms with E-state index < -0.39 is 11.4 Å². The number of hydrogen-bond acceptors (Lipinski definition) is 4. The number of fused-ring (bicyclic) bond motifs is 1. The van der Waals surface area contributed by atoms with Crippen LogP contribution in [0.25, 0.3) is 22.2 Å². The number of aromatic nitrogens is 1. The zero-order chi connectivity index (χ0) is 17.3. The van der Waals surface area contributed by atoms with Crippen LogP contribution in [0.1, 0.15) is 31.9 Å². The first-order chi connectivity index (χ1) is 11.4. The van der Waals surface area contributed by atoms with Crippen molar-refractivity contribution < 1.29 is 9.08 Å². The van der Waals surface area contributed by atoms with Crippen molar-refractivity contribution in [3.8, 4) is 11.3 Å². The molecule has 0 saturated carbocycles. The number of rotatable bonds is 3. The van der Waals surface area contributed by atoms with Gasteiger partial charge in [-0.2, -0.15) is 0 Å². The maximum atomic E-state index is 12.2. The third-order valence-electron chi connectivity index (χ3n) is 3.65. The first-order valence-electron chi connectivity index (χ1n) is 7.78. The molecule has 0 radical (unpaired) electrons. The Morgan fingerprint density at radius 1 is 1.17 bits per heavy atom. The largest absolute Gasteiger partial charge is 0.591 e. The van der Waals surface area contributed by atoms with Gasteiger partial charge in [0, 0.05) is 16.5 Å². The molecule has 3 rings (SSSR count). The zero-order valence-electron chi connectivity index (χ0n) is 14.2. The topological polar surface area (TPSA) is 61.5 Å². The molecule has 0 fully saturated rings. The molecule has 0 amide bonds. The van der Waals surface area contributed by atoms with Crippen LogP contribution in [0.4, 0.5) is 0 Å². The highest BCUT2D eigenvalue weighted by atomic mass is 32.2. The summed E-state index contributed by atoms with van der Waals surface area (Å²) in [5.41, 5.74) is 4.44. The summed E-state index contributed by atoms with van der Waals surface area (Å²) in [6.45, 7) is 7.73. The normalized spacial score (nSPS) is 13.7. The van der Waals surface area contributed by atoms with E-state index >= 15 is 0 Å². The molecule has 0 aliphatic rings. The fourth-order valence-electron chi connectivity index (χ4n) is 2.33. The fourth-order valence-corrected chi connectivity index (χ4v) is 2.85. The molecule has 2 aromatic carbocycles. The second-order valence-electron chi connectivity index (χ2n) is 6.71. The van der Waals surface area contributed by atoms with E-state index in [9.17, 15) is 4.55 Å². The van der Waals surface area contributed by atoms with Gasteiger partial charge in [0.05, 0.1) is 6.21 Å². The fraction of sp³-hybridized carbons (Fsp3) is 0.263. The Kier molecular flexibility index (Phi) is 4.47. The summed E-state index contributed by atoms with van der Waals surface area (Å²) in [6.07, 6.45) is 1.66. The maximum absolute atomic E-state index is 12.2. The third kappa shape index (κ3) is 3.37. The highest BCUT2D eigenvalue weighted by Crippen LogP contribution is 2.30. The molecular formula is C19H20N2O2S. The summed E-state index contributed by atoms with van der Waals surface area (Å²) in [6, 6.07) is 13.8. The minimum atomic E-state index is -1.30. The molecule has 0 unspecified atom stereocenters. The Balaban J connectivity index is 2.04. The molecule has 0 bridgehead atoms. The van der Waals surface area contributed by atoms with E-state index in [1.165, 1.54) is 0 Å². The molecule has 1 aromatic heterocycles. The van der Waals surface area contributed by atoms with Gasteiger partial charge in [0.15, 0.2) is 5.58 Å². The molecule has 0 aliphatic carbocycles. The van der Waals surface area contributed by atoms with Crippen molar-refractivity contribution in [3.63, 3.8) is 0 Å². The Labute approximate surface area is 144 Å². The van der Waals surface area contributed by atoms with Crippen molar-refractivity contribution in [3.05, 3.63) is 53.6 Å². The molecule has 1 atom stereocenters. The van der Waals surface area contributed by atoms with Gasteiger partial charge in [-0.3, -0.25) is 0 Å². The van der Waals surface area contributed by atoms with Crippen molar-refractivity contribution in [2.45, 2.75) is 32.4 Å². The first kappa shape index (κ1) is 16.7. The number of aryl methyl sites for hydroxylation is 1. The van der Waals surface area contributed by atoms with Crippen LogP contribution in [0.3, 0.4) is 0 Å². The molecule has 0 spiro atoms. The first-order valence-corrected chi connectivity index (χ1v) is 8.88. The second-order valence-corrected chi connectivity index (χ2v) is 8.65. The Bertz CT molecular complexity index is 894. The molecule has 0 saturated heterocycles. The molecule has 5 heteroatoms. The van der Waals surface area contributed by atoms with Crippen LogP contribution in [-0.4, -0.2) is 20.7 Å². The average molecular weight is 340 g/mol. The van der Waals surface area contributed by atoms with Crippen molar-refractivity contribution >= 4 is 28.5 Å². The van der Waals surface area contributed by atoms with Gasteiger partial charge in [-0.15, -0.1) is 0 Å². The molecule has 4 nitrogen and oxygen atoms in total. The summed E-state index contributed by atoms with van der Waals surface area (Å²) in [5, 5.41) is 5.19. The predicted octanol–water partition coefficient (Wildman–Crippen LogP) is 4.68. The molecule has 0 N–H and O–H groups in total. The van der Waals surface area contributed by atoms with Crippen LogP contribution in [0.5, 0.6) is 0 Å². The molecule has 124 valence electrons. The summed E-state index contributed by atoms with van der Waals surface area (Å²) in [4.78, 5) is 0. The van der Waals surface area contributed by atoms with E-state index in [2.05, 4.69) is 9.55 Å². The zero-order valence-corrected chi connectivity index (χ0v) is 15.1. The van der Waals surface area contributed by atoms with Crippen LogP contribution < -0.4 is 0 Å². The SMILES string of the molecule is Cc1ccc2c(-c3ccccc3/C=N/[S@@+]([O-])C(C)(C)C)noc2c1. The van der Waals surface area contributed by atoms with Crippen LogP contribution in [0.15, 0.2) is 51.4 Å². The lowest BCUT2D eigenvalue weighted by Crippen LogP contribution is -2.25. The van der Waals surface area contributed by atoms with Gasteiger partial charge >= 0.3 is 0 Å². The number of benzene rings is 2. The second kappa shape index (κ2) is 6.42. The highest BCUT2D eigenvalue weighted by molar-refractivity contribution is 7.91.